The maximum Gasteiger partial charge on any atom is 0.261 e. The number of hydrogen-bond donors (Lipinski definition) is 2. The number of nitrogens with one attached hydrogen (secondary N) is 2. The largest absolute Gasteiger partial charge is 0.354 e. The molecule has 1 aromatic heterocycles. The highest BCUT2D eigenvalue weighted by molar-refractivity contribution is 5.85. The molecule has 0 saturated carbocycles. The summed E-state index contributed by atoms with van der Waals surface area (Å²) in [5, 5.41) is 6.79. The molecule has 7 heteroatoms. The summed E-state index contributed by atoms with van der Waals surface area (Å²) >= 11 is 0. The molecular weight excluding hydrogens is 316 g/mol. The first kappa shape index (κ1) is 17.4. The molecule has 1 saturated heterocycles. The fourth-order valence-corrected chi connectivity index (χ4v) is 2.82. The Hall–Kier alpha value is -1.92. The molecule has 1 aromatic carbocycles. The molecule has 0 unspecified atom stereocenters. The van der Waals surface area contributed by atoms with Gasteiger partial charge >= 0.3 is 0 Å². The van der Waals surface area contributed by atoms with Crippen LogP contribution in [0.5, 0.6) is 0 Å². The highest BCUT2D eigenvalue weighted by atomic mass is 35.5. The van der Waals surface area contributed by atoms with Crippen LogP contribution in [0.15, 0.2) is 35.4 Å². The van der Waals surface area contributed by atoms with Crippen LogP contribution in [0.1, 0.15) is 19.3 Å². The van der Waals surface area contributed by atoms with Gasteiger partial charge in [-0.1, -0.05) is 12.1 Å². The zero-order chi connectivity index (χ0) is 15.4. The van der Waals surface area contributed by atoms with E-state index in [9.17, 15) is 9.59 Å². The van der Waals surface area contributed by atoms with Crippen LogP contribution in [0.3, 0.4) is 0 Å². The van der Waals surface area contributed by atoms with Gasteiger partial charge < -0.3 is 10.6 Å². The van der Waals surface area contributed by atoms with Gasteiger partial charge in [-0.2, -0.15) is 0 Å². The van der Waals surface area contributed by atoms with Crippen molar-refractivity contribution in [2.24, 2.45) is 0 Å². The summed E-state index contributed by atoms with van der Waals surface area (Å²) in [6.45, 7) is 1.71. The fourth-order valence-electron chi connectivity index (χ4n) is 2.82. The minimum absolute atomic E-state index is 0. The first-order valence-corrected chi connectivity index (χ1v) is 7.68. The molecule has 6 nitrogen and oxygen atoms in total. The third-order valence-electron chi connectivity index (χ3n) is 4.02. The number of halogens is 1. The Morgan fingerprint density at radius 3 is 3.00 bits per heavy atom. The molecule has 1 aliphatic heterocycles. The molecule has 1 aliphatic rings. The Balaban J connectivity index is 0.00000192. The van der Waals surface area contributed by atoms with E-state index in [1.54, 1.807) is 18.2 Å². The van der Waals surface area contributed by atoms with Crippen molar-refractivity contribution in [1.29, 1.82) is 0 Å². The second kappa shape index (κ2) is 8.08. The van der Waals surface area contributed by atoms with Gasteiger partial charge in [0.05, 0.1) is 17.2 Å². The molecule has 2 N–H and O–H groups in total. The molecule has 1 atom stereocenters. The lowest BCUT2D eigenvalue weighted by Crippen LogP contribution is -2.35. The molecule has 0 aliphatic carbocycles. The number of fused-ring (bicyclic) bond motifs is 1. The molecule has 0 radical (unpaired) electrons. The first-order chi connectivity index (χ1) is 10.7. The van der Waals surface area contributed by atoms with E-state index in [0.29, 0.717) is 23.5 Å². The highest BCUT2D eigenvalue weighted by Gasteiger charge is 2.14. The number of rotatable bonds is 5. The van der Waals surface area contributed by atoms with E-state index in [2.05, 4.69) is 15.6 Å². The van der Waals surface area contributed by atoms with Crippen molar-refractivity contribution in [1.82, 2.24) is 20.2 Å². The summed E-state index contributed by atoms with van der Waals surface area (Å²) in [5.74, 6) is -0.155. The molecule has 3 rings (SSSR count). The Kier molecular flexibility index (Phi) is 6.12. The Bertz CT molecular complexity index is 725. The van der Waals surface area contributed by atoms with Gasteiger partial charge in [0, 0.05) is 12.6 Å². The summed E-state index contributed by atoms with van der Waals surface area (Å²) in [6, 6.07) is 7.65. The van der Waals surface area contributed by atoms with Crippen molar-refractivity contribution in [2.75, 3.05) is 13.1 Å². The average molecular weight is 337 g/mol. The predicted octanol–water partition coefficient (Wildman–Crippen LogP) is 1.08. The Morgan fingerprint density at radius 2 is 2.22 bits per heavy atom. The van der Waals surface area contributed by atoms with Crippen LogP contribution in [-0.4, -0.2) is 34.6 Å². The normalized spacial score (nSPS) is 17.0. The number of nitrogens with zero attached hydrogens (tertiary/aromatic N) is 2. The topological polar surface area (TPSA) is 76.0 Å². The second-order valence-corrected chi connectivity index (χ2v) is 5.63. The quantitative estimate of drug-likeness (QED) is 0.856. The maximum atomic E-state index is 12.3. The molecule has 0 spiro atoms. The number of hydrogen-bond acceptors (Lipinski definition) is 4. The van der Waals surface area contributed by atoms with Crippen molar-refractivity contribution in [2.45, 2.75) is 31.8 Å². The lowest BCUT2D eigenvalue weighted by atomic mass is 10.1. The standard InChI is InChI=1S/C16H20N4O2.ClH/c21-15(18-9-7-12-4-3-8-17-12)10-20-11-19-14-6-2-1-5-13(14)16(20)22;/h1-2,5-6,11-12,17H,3-4,7-10H2,(H,18,21);1H/t12-;/m1./s1. The summed E-state index contributed by atoms with van der Waals surface area (Å²) < 4.78 is 1.35. The third-order valence-corrected chi connectivity index (χ3v) is 4.02. The predicted molar refractivity (Wildman–Crippen MR) is 91.9 cm³/mol. The van der Waals surface area contributed by atoms with Crippen LogP contribution >= 0.6 is 12.4 Å². The lowest BCUT2D eigenvalue weighted by Gasteiger charge is -2.11. The van der Waals surface area contributed by atoms with Gasteiger partial charge in [0.25, 0.3) is 5.56 Å². The summed E-state index contributed by atoms with van der Waals surface area (Å²) in [6.07, 6.45) is 4.74. The van der Waals surface area contributed by atoms with Gasteiger partial charge in [-0.25, -0.2) is 4.98 Å². The molecule has 0 bridgehead atoms. The molecule has 124 valence electrons. The highest BCUT2D eigenvalue weighted by Crippen LogP contribution is 2.07. The zero-order valence-electron chi connectivity index (χ0n) is 12.8. The Morgan fingerprint density at radius 1 is 1.39 bits per heavy atom. The molecule has 2 aromatic rings. The smallest absolute Gasteiger partial charge is 0.261 e. The monoisotopic (exact) mass is 336 g/mol. The van der Waals surface area contributed by atoms with E-state index in [4.69, 9.17) is 0 Å². The van der Waals surface area contributed by atoms with E-state index in [-0.39, 0.29) is 30.4 Å². The van der Waals surface area contributed by atoms with Crippen LogP contribution in [0, 0.1) is 0 Å². The average Bonchev–Trinajstić information content (AvgIpc) is 3.04. The number of carbonyl (C=O) groups is 1. The number of carbonyl (C=O) groups excluding carboxylic acids is 1. The lowest BCUT2D eigenvalue weighted by molar-refractivity contribution is -0.121. The van der Waals surface area contributed by atoms with E-state index < -0.39 is 0 Å². The molecular formula is C16H21ClN4O2. The number of aromatic nitrogens is 2. The summed E-state index contributed by atoms with van der Waals surface area (Å²) in [5.41, 5.74) is 0.467. The molecule has 1 fully saturated rings. The van der Waals surface area contributed by atoms with Crippen molar-refractivity contribution in [3.8, 4) is 0 Å². The summed E-state index contributed by atoms with van der Waals surface area (Å²) in [4.78, 5) is 28.4. The first-order valence-electron chi connectivity index (χ1n) is 7.68. The van der Waals surface area contributed by atoms with E-state index >= 15 is 0 Å². The SMILES string of the molecule is Cl.O=C(Cn1cnc2ccccc2c1=O)NCC[C@H]1CCCN1. The number of para-hydroxylation sites is 1. The van der Waals surface area contributed by atoms with E-state index in [0.717, 1.165) is 13.0 Å². The Labute approximate surface area is 140 Å². The van der Waals surface area contributed by atoms with Gasteiger partial charge in [0.2, 0.25) is 5.91 Å². The molecule has 1 amide bonds. The third kappa shape index (κ3) is 4.30. The van der Waals surface area contributed by atoms with Gasteiger partial charge in [0.1, 0.15) is 6.54 Å². The van der Waals surface area contributed by atoms with Crippen LogP contribution in [0.25, 0.3) is 10.9 Å². The second-order valence-electron chi connectivity index (χ2n) is 5.63. The van der Waals surface area contributed by atoms with Gasteiger partial charge in [-0.05, 0) is 37.9 Å². The summed E-state index contributed by atoms with van der Waals surface area (Å²) in [7, 11) is 0. The van der Waals surface area contributed by atoms with Crippen molar-refractivity contribution in [3.05, 3.63) is 40.9 Å². The van der Waals surface area contributed by atoms with E-state index in [1.165, 1.54) is 23.7 Å². The van der Waals surface area contributed by atoms with Crippen molar-refractivity contribution >= 4 is 29.2 Å². The van der Waals surface area contributed by atoms with Crippen LogP contribution < -0.4 is 16.2 Å². The van der Waals surface area contributed by atoms with Crippen molar-refractivity contribution < 1.29 is 4.79 Å². The van der Waals surface area contributed by atoms with E-state index in [1.807, 2.05) is 6.07 Å². The van der Waals surface area contributed by atoms with Crippen LogP contribution in [-0.2, 0) is 11.3 Å². The van der Waals surface area contributed by atoms with Gasteiger partial charge in [0.15, 0.2) is 0 Å². The van der Waals surface area contributed by atoms with Crippen LogP contribution in [0.4, 0.5) is 0 Å². The van der Waals surface area contributed by atoms with Crippen LogP contribution in [0.2, 0.25) is 0 Å². The minimum atomic E-state index is -0.182. The van der Waals surface area contributed by atoms with Crippen molar-refractivity contribution in [3.63, 3.8) is 0 Å². The molecule has 23 heavy (non-hydrogen) atoms. The number of amides is 1. The number of benzene rings is 1. The fraction of sp³-hybridized carbons (Fsp3) is 0.438. The molecule has 2 heterocycles. The van der Waals surface area contributed by atoms with Gasteiger partial charge in [-0.15, -0.1) is 12.4 Å². The minimum Gasteiger partial charge on any atom is -0.354 e. The zero-order valence-corrected chi connectivity index (χ0v) is 13.6. The van der Waals surface area contributed by atoms with Gasteiger partial charge in [-0.3, -0.25) is 14.2 Å². The maximum absolute atomic E-state index is 12.3.